The molecule has 6 atom stereocenters. The van der Waals surface area contributed by atoms with E-state index in [0.29, 0.717) is 32.2 Å². The maximum Gasteiger partial charge on any atom is 0.326 e. The molecule has 5 amide bonds. The van der Waals surface area contributed by atoms with Crippen molar-refractivity contribution in [3.8, 4) is 0 Å². The van der Waals surface area contributed by atoms with Crippen LogP contribution in [0.2, 0.25) is 0 Å². The number of fused-ring (bicyclic) bond motifs is 2. The first-order valence-corrected chi connectivity index (χ1v) is 19.4. The summed E-state index contributed by atoms with van der Waals surface area (Å²) >= 11 is 0. The van der Waals surface area contributed by atoms with Gasteiger partial charge in [0.05, 0.1) is 6.04 Å². The van der Waals surface area contributed by atoms with Crippen LogP contribution in [0.3, 0.4) is 0 Å². The number of rotatable bonds is 15. The zero-order valence-electron chi connectivity index (χ0n) is 32.0. The van der Waals surface area contributed by atoms with Crippen molar-refractivity contribution >= 4 is 57.3 Å². The topological polar surface area (TPSA) is 223 Å². The molecule has 15 nitrogen and oxygen atoms in total. The van der Waals surface area contributed by atoms with Crippen molar-refractivity contribution in [2.24, 2.45) is 11.7 Å². The molecule has 0 aliphatic carbocycles. The van der Waals surface area contributed by atoms with E-state index in [2.05, 4.69) is 25.9 Å². The molecule has 2 aliphatic heterocycles. The number of nitrogens with two attached hydrogens (primary N) is 1. The van der Waals surface area contributed by atoms with Gasteiger partial charge in [-0.25, -0.2) is 4.79 Å². The van der Waals surface area contributed by atoms with Crippen molar-refractivity contribution < 1.29 is 33.9 Å². The number of H-pyrrole nitrogens is 2. The standard InChI is InChI=1S/C41H52N8O7/c1-23(2)18-33(40(54)49-17-9-15-35(49)41(55)56)47-37(51)32(20-26-22-44-31-13-7-5-11-28(26)31)46-36(50)24(3)45-38(52)34-14-8-16-48(34)39(53)29(42)19-25-21-43-30-12-6-4-10-27(25)30/h4-7,10-13,21-24,29,32-35,43-44H,8-9,14-20,42H2,1-3H3,(H,45,52)(H,46,50)(H,47,51)(H,55,56)/t24-,29-,32-,33-,34-,35-/m0/s1. The monoisotopic (exact) mass is 768 g/mol. The third kappa shape index (κ3) is 8.88. The number of amides is 5. The summed E-state index contributed by atoms with van der Waals surface area (Å²) in [4.78, 5) is 89.9. The predicted molar refractivity (Wildman–Crippen MR) is 210 cm³/mol. The quantitative estimate of drug-likeness (QED) is 0.0949. The normalized spacial score (nSPS) is 19.2. The van der Waals surface area contributed by atoms with Crippen LogP contribution in [0, 0.1) is 5.92 Å². The van der Waals surface area contributed by atoms with Gasteiger partial charge in [-0.2, -0.15) is 0 Å². The number of aliphatic carboxylic acids is 1. The molecule has 6 rings (SSSR count). The van der Waals surface area contributed by atoms with Crippen LogP contribution in [-0.4, -0.2) is 110 Å². The highest BCUT2D eigenvalue weighted by Gasteiger charge is 2.40. The Kier molecular flexibility index (Phi) is 12.4. The van der Waals surface area contributed by atoms with Gasteiger partial charge in [0.1, 0.15) is 30.2 Å². The predicted octanol–water partition coefficient (Wildman–Crippen LogP) is 2.35. The molecule has 2 saturated heterocycles. The number of carboxylic acids is 1. The summed E-state index contributed by atoms with van der Waals surface area (Å²) in [7, 11) is 0. The summed E-state index contributed by atoms with van der Waals surface area (Å²) in [5.41, 5.74) is 9.84. The Hall–Kier alpha value is -5.70. The van der Waals surface area contributed by atoms with Crippen molar-refractivity contribution in [2.45, 2.75) is 102 Å². The van der Waals surface area contributed by atoms with E-state index in [1.54, 1.807) is 6.20 Å². The highest BCUT2D eigenvalue weighted by atomic mass is 16.4. The second-order valence-electron chi connectivity index (χ2n) is 15.4. The van der Waals surface area contributed by atoms with Crippen molar-refractivity contribution in [3.63, 3.8) is 0 Å². The molecule has 2 aliphatic rings. The smallest absolute Gasteiger partial charge is 0.326 e. The molecule has 15 heteroatoms. The molecule has 8 N–H and O–H groups in total. The Balaban J connectivity index is 1.14. The highest BCUT2D eigenvalue weighted by molar-refractivity contribution is 5.97. The summed E-state index contributed by atoms with van der Waals surface area (Å²) < 4.78 is 0. The highest BCUT2D eigenvalue weighted by Crippen LogP contribution is 2.24. The van der Waals surface area contributed by atoms with Crippen LogP contribution in [0.1, 0.15) is 64.0 Å². The van der Waals surface area contributed by atoms with Crippen LogP contribution in [-0.2, 0) is 41.6 Å². The fourth-order valence-electron chi connectivity index (χ4n) is 7.99. The molecule has 0 spiro atoms. The molecule has 2 aromatic heterocycles. The number of aromatic nitrogens is 2. The first kappa shape index (κ1) is 40.0. The lowest BCUT2D eigenvalue weighted by Gasteiger charge is -2.30. The molecule has 0 bridgehead atoms. The summed E-state index contributed by atoms with van der Waals surface area (Å²) in [6.07, 6.45) is 6.07. The third-order valence-corrected chi connectivity index (χ3v) is 10.9. The first-order valence-electron chi connectivity index (χ1n) is 19.4. The van der Waals surface area contributed by atoms with E-state index in [1.165, 1.54) is 16.7 Å². The minimum absolute atomic E-state index is 0.0165. The minimum atomic E-state index is -1.16. The number of hydrogen-bond acceptors (Lipinski definition) is 7. The average molecular weight is 769 g/mol. The van der Waals surface area contributed by atoms with Crippen LogP contribution in [0.15, 0.2) is 60.9 Å². The molecule has 0 saturated carbocycles. The number of para-hydroxylation sites is 2. The molecule has 0 radical (unpaired) electrons. The van der Waals surface area contributed by atoms with Gasteiger partial charge in [-0.05, 0) is 74.6 Å². The molecule has 298 valence electrons. The summed E-state index contributed by atoms with van der Waals surface area (Å²) in [6.45, 7) is 5.93. The maximum absolute atomic E-state index is 14.1. The number of hydrogen-bond donors (Lipinski definition) is 7. The Labute approximate surface area is 325 Å². The van der Waals surface area contributed by atoms with E-state index in [9.17, 15) is 33.9 Å². The summed E-state index contributed by atoms with van der Waals surface area (Å²) in [5.74, 6) is -3.70. The van der Waals surface area contributed by atoms with Gasteiger partial charge in [-0.3, -0.25) is 24.0 Å². The van der Waals surface area contributed by atoms with Crippen LogP contribution in [0.4, 0.5) is 0 Å². The molecule has 4 heterocycles. The Morgan fingerprint density at radius 3 is 1.86 bits per heavy atom. The number of carboxylic acid groups (broad SMARTS) is 1. The van der Waals surface area contributed by atoms with Crippen molar-refractivity contribution in [3.05, 3.63) is 72.1 Å². The van der Waals surface area contributed by atoms with Crippen molar-refractivity contribution in [2.75, 3.05) is 13.1 Å². The lowest BCUT2D eigenvalue weighted by molar-refractivity contribution is -0.149. The lowest BCUT2D eigenvalue weighted by Crippen LogP contribution is -2.59. The van der Waals surface area contributed by atoms with Crippen LogP contribution in [0.25, 0.3) is 21.8 Å². The fourth-order valence-corrected chi connectivity index (χ4v) is 7.99. The van der Waals surface area contributed by atoms with Crippen molar-refractivity contribution in [1.82, 2.24) is 35.7 Å². The van der Waals surface area contributed by atoms with E-state index >= 15 is 0 Å². The molecular formula is C41H52N8O7. The number of carbonyl (C=O) groups is 6. The Morgan fingerprint density at radius 1 is 0.732 bits per heavy atom. The zero-order chi connectivity index (χ0) is 40.1. The van der Waals surface area contributed by atoms with E-state index in [1.807, 2.05) is 68.6 Å². The second kappa shape index (κ2) is 17.4. The van der Waals surface area contributed by atoms with Gasteiger partial charge in [0.2, 0.25) is 29.5 Å². The first-order chi connectivity index (χ1) is 26.8. The molecular weight excluding hydrogens is 716 g/mol. The lowest BCUT2D eigenvalue weighted by atomic mass is 10.00. The summed E-state index contributed by atoms with van der Waals surface area (Å²) in [5, 5.41) is 19.9. The van der Waals surface area contributed by atoms with E-state index in [0.717, 1.165) is 32.9 Å². The van der Waals surface area contributed by atoms with Crippen molar-refractivity contribution in [1.29, 1.82) is 0 Å². The van der Waals surface area contributed by atoms with Gasteiger partial charge < -0.3 is 46.6 Å². The Morgan fingerprint density at radius 2 is 1.27 bits per heavy atom. The van der Waals surface area contributed by atoms with Gasteiger partial charge in [-0.15, -0.1) is 0 Å². The number of nitrogens with one attached hydrogen (secondary N) is 5. The number of aromatic amines is 2. The van der Waals surface area contributed by atoms with Crippen LogP contribution >= 0.6 is 0 Å². The number of nitrogens with zero attached hydrogens (tertiary/aromatic N) is 2. The van der Waals surface area contributed by atoms with E-state index in [-0.39, 0.29) is 37.6 Å². The van der Waals surface area contributed by atoms with E-state index in [4.69, 9.17) is 5.73 Å². The van der Waals surface area contributed by atoms with Gasteiger partial charge >= 0.3 is 5.97 Å². The van der Waals surface area contributed by atoms with Gasteiger partial charge in [0.25, 0.3) is 0 Å². The zero-order valence-corrected chi connectivity index (χ0v) is 32.0. The number of carbonyl (C=O) groups excluding carboxylic acids is 5. The SMILES string of the molecule is CC(C)C[C@H](NC(=O)[C@H](Cc1c[nH]c2ccccc12)NC(=O)[C@H](C)NC(=O)[C@@H]1CCCN1C(=O)[C@@H](N)Cc1c[nH]c2ccccc12)C(=O)N1CCC[C@H]1C(=O)O. The molecule has 4 aromatic rings. The largest absolute Gasteiger partial charge is 0.480 e. The minimum Gasteiger partial charge on any atom is -0.480 e. The molecule has 2 aromatic carbocycles. The van der Waals surface area contributed by atoms with Crippen LogP contribution < -0.4 is 21.7 Å². The molecule has 0 unspecified atom stereocenters. The summed E-state index contributed by atoms with van der Waals surface area (Å²) in [6, 6.07) is 9.33. The molecule has 2 fully saturated rings. The maximum atomic E-state index is 14.1. The van der Waals surface area contributed by atoms with Gasteiger partial charge in [-0.1, -0.05) is 50.2 Å². The van der Waals surface area contributed by atoms with Gasteiger partial charge in [0, 0.05) is 53.7 Å². The Bertz CT molecular complexity index is 2090. The number of likely N-dealkylation sites (tertiary alicyclic amines) is 2. The van der Waals surface area contributed by atoms with E-state index < -0.39 is 65.8 Å². The average Bonchev–Trinajstić information content (AvgIpc) is 4.00. The molecule has 56 heavy (non-hydrogen) atoms. The fraction of sp³-hybridized carbons (Fsp3) is 0.463. The second-order valence-corrected chi connectivity index (χ2v) is 15.4. The van der Waals surface area contributed by atoms with Gasteiger partial charge in [0.15, 0.2) is 0 Å². The van der Waals surface area contributed by atoms with Crippen LogP contribution in [0.5, 0.6) is 0 Å². The third-order valence-electron chi connectivity index (χ3n) is 10.9. The number of benzene rings is 2.